The van der Waals surface area contributed by atoms with Crippen LogP contribution in [0.25, 0.3) is 0 Å². The van der Waals surface area contributed by atoms with Crippen molar-refractivity contribution in [1.29, 1.82) is 0 Å². The first kappa shape index (κ1) is 29.5. The monoisotopic (exact) mass is 637 g/mol. The van der Waals surface area contributed by atoms with Crippen molar-refractivity contribution in [3.63, 3.8) is 0 Å². The Morgan fingerprint density at radius 3 is 2.76 bits per heavy atom. The third kappa shape index (κ3) is 6.23. The normalized spacial score (nSPS) is 20.6. The summed E-state index contributed by atoms with van der Waals surface area (Å²) in [5.74, 6) is -3.48. The van der Waals surface area contributed by atoms with Crippen LogP contribution in [0.1, 0.15) is 31.4 Å². The van der Waals surface area contributed by atoms with E-state index in [-0.39, 0.29) is 45.0 Å². The number of nitrogens with zero attached hydrogens (tertiary/aromatic N) is 7. The molecule has 1 saturated heterocycles. The van der Waals surface area contributed by atoms with Crippen molar-refractivity contribution in [3.8, 4) is 0 Å². The van der Waals surface area contributed by atoms with Crippen molar-refractivity contribution in [3.05, 3.63) is 22.3 Å². The van der Waals surface area contributed by atoms with Crippen LogP contribution in [0.2, 0.25) is 0 Å². The molecular formula is C22H23N9O8S3. The number of carboxylic acid groups (broad SMARTS) is 2. The molecule has 4 heterocycles. The minimum atomic E-state index is -1.32. The Balaban J connectivity index is 1.30. The largest absolute Gasteiger partial charge is 0.480 e. The minimum Gasteiger partial charge on any atom is -0.480 e. The lowest BCUT2D eigenvalue weighted by atomic mass is 10.0. The highest BCUT2D eigenvalue weighted by Gasteiger charge is 2.54. The molecule has 1 unspecified atom stereocenters. The van der Waals surface area contributed by atoms with Crippen LogP contribution < -0.4 is 10.6 Å². The smallest absolute Gasteiger partial charge is 0.352 e. The molecule has 1 saturated carbocycles. The molecule has 2 aliphatic heterocycles. The number of hydrogen-bond donors (Lipinski definition) is 4. The fraction of sp³-hybridized carbons (Fsp3) is 0.455. The lowest BCUT2D eigenvalue weighted by Gasteiger charge is -2.49. The number of aromatic nitrogens is 5. The van der Waals surface area contributed by atoms with E-state index in [2.05, 4.69) is 36.3 Å². The van der Waals surface area contributed by atoms with Crippen molar-refractivity contribution < 1.29 is 39.0 Å². The van der Waals surface area contributed by atoms with E-state index in [1.807, 2.05) is 0 Å². The summed E-state index contributed by atoms with van der Waals surface area (Å²) >= 11 is 3.40. The standard InChI is InChI=1S/C22H23N9O8S3/c32-9-23-21-24-12(8-41-21)14(27-39-11-3-1-2-4-11)17(35)25-15-18(36)31-16(20(37)38)10(6-40-19(15)31)7-42-22-26-28-29-30(22)5-13(33)34/h8-9,11,15,19H,1-7H2,(H,25,35)(H,33,34)(H,37,38)(H,23,24,32)/b27-14-/t15?,19-/m1/s1. The topological polar surface area (TPSA) is 231 Å². The summed E-state index contributed by atoms with van der Waals surface area (Å²) in [5.41, 5.74) is 0.188. The third-order valence-electron chi connectivity index (χ3n) is 6.44. The molecule has 2 atom stereocenters. The zero-order chi connectivity index (χ0) is 29.8. The Morgan fingerprint density at radius 2 is 2.05 bits per heavy atom. The number of thioether (sulfide) groups is 2. The second-order valence-corrected chi connectivity index (χ2v) is 12.1. The summed E-state index contributed by atoms with van der Waals surface area (Å²) in [5, 5.41) is 40.2. The second kappa shape index (κ2) is 12.9. The van der Waals surface area contributed by atoms with Crippen LogP contribution >= 0.6 is 34.9 Å². The number of aliphatic carboxylic acids is 2. The van der Waals surface area contributed by atoms with Gasteiger partial charge in [-0.1, -0.05) is 16.9 Å². The summed E-state index contributed by atoms with van der Waals surface area (Å²) in [6.07, 6.45) is 3.85. The van der Waals surface area contributed by atoms with E-state index in [0.717, 1.165) is 58.4 Å². The van der Waals surface area contributed by atoms with E-state index >= 15 is 0 Å². The maximum atomic E-state index is 13.3. The van der Waals surface area contributed by atoms with E-state index in [1.165, 1.54) is 17.1 Å². The van der Waals surface area contributed by atoms with Crippen molar-refractivity contribution >= 4 is 75.9 Å². The molecule has 2 aromatic rings. The predicted octanol–water partition coefficient (Wildman–Crippen LogP) is -0.0233. The number of tetrazole rings is 1. The predicted molar refractivity (Wildman–Crippen MR) is 148 cm³/mol. The van der Waals surface area contributed by atoms with Crippen molar-refractivity contribution in [2.75, 3.05) is 16.8 Å². The maximum absolute atomic E-state index is 13.3. The van der Waals surface area contributed by atoms with Gasteiger partial charge in [-0.3, -0.25) is 24.1 Å². The van der Waals surface area contributed by atoms with Gasteiger partial charge in [0.2, 0.25) is 11.6 Å². The molecule has 0 radical (unpaired) electrons. The number of anilines is 1. The number of carbonyl (C=O) groups excluding carboxylic acids is 3. The molecule has 17 nitrogen and oxygen atoms in total. The number of β-lactam (4-membered cyclic amide) rings is 1. The molecule has 2 aromatic heterocycles. The molecule has 2 fully saturated rings. The first-order chi connectivity index (χ1) is 20.3. The Morgan fingerprint density at radius 1 is 1.26 bits per heavy atom. The fourth-order valence-corrected chi connectivity index (χ4v) is 7.52. The number of carboxylic acids is 2. The molecule has 0 spiro atoms. The van der Waals surface area contributed by atoms with Gasteiger partial charge in [0.1, 0.15) is 35.5 Å². The fourth-order valence-electron chi connectivity index (χ4n) is 4.51. The van der Waals surface area contributed by atoms with Crippen molar-refractivity contribution in [2.24, 2.45) is 5.16 Å². The van der Waals surface area contributed by atoms with Crippen LogP contribution in [-0.4, -0.2) is 105 Å². The van der Waals surface area contributed by atoms with Crippen LogP contribution in [-0.2, 0) is 35.4 Å². The Kier molecular flexibility index (Phi) is 9.02. The van der Waals surface area contributed by atoms with Crippen LogP contribution in [0.3, 0.4) is 0 Å². The average Bonchev–Trinajstić information content (AvgIpc) is 3.73. The van der Waals surface area contributed by atoms with Gasteiger partial charge in [-0.25, -0.2) is 14.5 Å². The molecule has 3 aliphatic rings. The van der Waals surface area contributed by atoms with Gasteiger partial charge in [0, 0.05) is 16.9 Å². The highest BCUT2D eigenvalue weighted by molar-refractivity contribution is 8.01. The summed E-state index contributed by atoms with van der Waals surface area (Å²) in [7, 11) is 0. The van der Waals surface area contributed by atoms with Gasteiger partial charge in [-0.2, -0.15) is 0 Å². The summed E-state index contributed by atoms with van der Waals surface area (Å²) < 4.78 is 1.07. The van der Waals surface area contributed by atoms with Gasteiger partial charge in [-0.15, -0.1) is 28.2 Å². The van der Waals surface area contributed by atoms with E-state index in [0.29, 0.717) is 12.0 Å². The second-order valence-electron chi connectivity index (χ2n) is 9.17. The number of carbonyl (C=O) groups is 5. The summed E-state index contributed by atoms with van der Waals surface area (Å²) in [6, 6.07) is -1.03. The molecule has 222 valence electrons. The molecule has 0 aromatic carbocycles. The van der Waals surface area contributed by atoms with Gasteiger partial charge in [0.25, 0.3) is 11.8 Å². The maximum Gasteiger partial charge on any atom is 0.352 e. The Hall–Kier alpha value is -4.04. The third-order valence-corrected chi connectivity index (χ3v) is 9.59. The van der Waals surface area contributed by atoms with E-state index in [1.54, 1.807) is 0 Å². The Bertz CT molecular complexity index is 1470. The number of fused-ring (bicyclic) bond motifs is 1. The molecule has 3 amide bonds. The van der Waals surface area contributed by atoms with Crippen molar-refractivity contribution in [2.45, 2.75) is 54.9 Å². The zero-order valence-corrected chi connectivity index (χ0v) is 24.0. The number of thiazole rings is 1. The lowest BCUT2D eigenvalue weighted by molar-refractivity contribution is -0.150. The van der Waals surface area contributed by atoms with Gasteiger partial charge in [0.15, 0.2) is 10.8 Å². The van der Waals surface area contributed by atoms with Crippen LogP contribution in [0.15, 0.2) is 27.0 Å². The van der Waals surface area contributed by atoms with Gasteiger partial charge in [0.05, 0.1) is 0 Å². The first-order valence-electron chi connectivity index (χ1n) is 12.5. The van der Waals surface area contributed by atoms with E-state index in [9.17, 15) is 29.1 Å². The van der Waals surface area contributed by atoms with Crippen LogP contribution in [0.5, 0.6) is 0 Å². The molecule has 42 heavy (non-hydrogen) atoms. The number of oxime groups is 1. The molecule has 1 aliphatic carbocycles. The molecule has 4 N–H and O–H groups in total. The minimum absolute atomic E-state index is 0.0957. The number of amides is 3. The van der Waals surface area contributed by atoms with Gasteiger partial charge >= 0.3 is 11.9 Å². The molecule has 20 heteroatoms. The van der Waals surface area contributed by atoms with Gasteiger partial charge in [-0.05, 0) is 41.7 Å². The van der Waals surface area contributed by atoms with E-state index in [4.69, 9.17) is 9.94 Å². The lowest BCUT2D eigenvalue weighted by Crippen LogP contribution is -2.71. The first-order valence-corrected chi connectivity index (χ1v) is 15.4. The van der Waals surface area contributed by atoms with Crippen molar-refractivity contribution in [1.82, 2.24) is 35.4 Å². The van der Waals surface area contributed by atoms with Crippen LogP contribution in [0.4, 0.5) is 5.13 Å². The van der Waals surface area contributed by atoms with Crippen LogP contribution in [0, 0.1) is 0 Å². The van der Waals surface area contributed by atoms with E-state index < -0.39 is 41.7 Å². The highest BCUT2D eigenvalue weighted by Crippen LogP contribution is 2.41. The molecule has 5 rings (SSSR count). The SMILES string of the molecule is O=CNc1nc(/C(=N/OC2CCCC2)C(=O)NC2C(=O)N3C(C(=O)O)=C(CSc4nnnn4CC(=O)O)CS[C@H]23)cs1. The highest BCUT2D eigenvalue weighted by atomic mass is 32.2. The zero-order valence-electron chi connectivity index (χ0n) is 21.5. The quantitative estimate of drug-likeness (QED) is 0.0743. The summed E-state index contributed by atoms with van der Waals surface area (Å²) in [6.45, 7) is -0.463. The number of rotatable bonds is 13. The van der Waals surface area contributed by atoms with Gasteiger partial charge < -0.3 is 25.7 Å². The average molecular weight is 638 g/mol. The molecular weight excluding hydrogens is 614 g/mol. The number of hydrogen-bond acceptors (Lipinski definition) is 14. The number of nitrogens with one attached hydrogen (secondary N) is 2. The Labute approximate surface area is 249 Å². The molecule has 0 bridgehead atoms. The summed E-state index contributed by atoms with van der Waals surface area (Å²) in [4.78, 5) is 71.5.